The number of nitrogens with zero attached hydrogens (tertiary/aromatic N) is 4. The first-order valence-electron chi connectivity index (χ1n) is 5.14. The molecule has 0 radical (unpaired) electrons. The van der Waals surface area contributed by atoms with E-state index in [1.807, 2.05) is 11.6 Å². The van der Waals surface area contributed by atoms with Gasteiger partial charge in [-0.2, -0.15) is 5.26 Å². The Bertz CT molecular complexity index is 370. The number of hydrogen-bond acceptors (Lipinski definition) is 4. The van der Waals surface area contributed by atoms with Crippen LogP contribution in [0.3, 0.4) is 0 Å². The second-order valence-corrected chi connectivity index (χ2v) is 3.79. The van der Waals surface area contributed by atoms with Gasteiger partial charge in [0.2, 0.25) is 0 Å². The molecule has 5 nitrogen and oxygen atoms in total. The average Bonchev–Trinajstić information content (AvgIpc) is 2.62. The minimum absolute atomic E-state index is 0.552. The van der Waals surface area contributed by atoms with Gasteiger partial charge in [-0.25, -0.2) is 4.98 Å². The Balaban J connectivity index is 2.09. The summed E-state index contributed by atoms with van der Waals surface area (Å²) in [7, 11) is 1.94. The van der Waals surface area contributed by atoms with Crippen LogP contribution >= 0.6 is 0 Å². The van der Waals surface area contributed by atoms with Gasteiger partial charge in [0.05, 0.1) is 12.0 Å². The second-order valence-electron chi connectivity index (χ2n) is 3.79. The van der Waals surface area contributed by atoms with Crippen LogP contribution in [0.4, 0.5) is 0 Å². The van der Waals surface area contributed by atoms with Crippen LogP contribution in [0, 0.1) is 11.3 Å². The molecule has 5 heteroatoms. The zero-order chi connectivity index (χ0) is 10.7. The summed E-state index contributed by atoms with van der Waals surface area (Å²) in [4.78, 5) is 6.40. The van der Waals surface area contributed by atoms with Gasteiger partial charge in [-0.3, -0.25) is 4.90 Å². The van der Waals surface area contributed by atoms with E-state index < -0.39 is 0 Å². The molecule has 15 heavy (non-hydrogen) atoms. The molecule has 1 fully saturated rings. The Kier molecular flexibility index (Phi) is 2.99. The summed E-state index contributed by atoms with van der Waals surface area (Å²) in [5.41, 5.74) is 1.57. The van der Waals surface area contributed by atoms with E-state index in [2.05, 4.69) is 21.3 Å². The second kappa shape index (κ2) is 4.43. The fraction of sp³-hybridized carbons (Fsp3) is 0.600. The molecule has 1 aliphatic heterocycles. The average molecular weight is 205 g/mol. The van der Waals surface area contributed by atoms with Crippen molar-refractivity contribution in [1.29, 1.82) is 5.26 Å². The zero-order valence-corrected chi connectivity index (χ0v) is 8.90. The molecule has 80 valence electrons. The van der Waals surface area contributed by atoms with Crippen molar-refractivity contribution in [2.75, 3.05) is 26.2 Å². The molecular formula is C10H15N5. The Morgan fingerprint density at radius 1 is 1.53 bits per heavy atom. The summed E-state index contributed by atoms with van der Waals surface area (Å²) in [6, 6.07) is 2.13. The van der Waals surface area contributed by atoms with Crippen LogP contribution in [0.15, 0.2) is 6.33 Å². The number of aromatic nitrogens is 2. The molecule has 0 unspecified atom stereocenters. The van der Waals surface area contributed by atoms with E-state index in [4.69, 9.17) is 5.26 Å². The molecule has 1 aromatic heterocycles. The smallest absolute Gasteiger partial charge is 0.162 e. The Hall–Kier alpha value is -1.38. The molecule has 0 aliphatic carbocycles. The summed E-state index contributed by atoms with van der Waals surface area (Å²) in [6.45, 7) is 4.95. The van der Waals surface area contributed by atoms with Gasteiger partial charge >= 0.3 is 0 Å². The predicted octanol–water partition coefficient (Wildman–Crippen LogP) is -0.303. The Morgan fingerprint density at radius 3 is 2.93 bits per heavy atom. The van der Waals surface area contributed by atoms with Gasteiger partial charge in [0, 0.05) is 39.8 Å². The van der Waals surface area contributed by atoms with Gasteiger partial charge in [-0.05, 0) is 0 Å². The van der Waals surface area contributed by atoms with E-state index in [-0.39, 0.29) is 0 Å². The molecule has 1 N–H and O–H groups in total. The minimum atomic E-state index is 0.552. The third-order valence-corrected chi connectivity index (χ3v) is 2.75. The summed E-state index contributed by atoms with van der Waals surface area (Å²) < 4.78 is 1.93. The largest absolute Gasteiger partial charge is 0.335 e. The number of aryl methyl sites for hydroxylation is 1. The van der Waals surface area contributed by atoms with E-state index in [0.29, 0.717) is 5.69 Å². The number of rotatable bonds is 2. The third-order valence-electron chi connectivity index (χ3n) is 2.75. The highest BCUT2D eigenvalue weighted by Gasteiger charge is 2.15. The summed E-state index contributed by atoms with van der Waals surface area (Å²) >= 11 is 0. The van der Waals surface area contributed by atoms with Crippen molar-refractivity contribution in [3.05, 3.63) is 17.7 Å². The van der Waals surface area contributed by atoms with Crippen molar-refractivity contribution >= 4 is 0 Å². The van der Waals surface area contributed by atoms with E-state index in [1.165, 1.54) is 0 Å². The van der Waals surface area contributed by atoms with E-state index in [1.54, 1.807) is 6.33 Å². The minimum Gasteiger partial charge on any atom is -0.335 e. The van der Waals surface area contributed by atoms with Gasteiger partial charge in [-0.15, -0.1) is 0 Å². The summed E-state index contributed by atoms with van der Waals surface area (Å²) in [5, 5.41) is 12.2. The van der Waals surface area contributed by atoms with Crippen LogP contribution in [-0.2, 0) is 13.6 Å². The van der Waals surface area contributed by atoms with Crippen molar-refractivity contribution in [1.82, 2.24) is 19.8 Å². The summed E-state index contributed by atoms with van der Waals surface area (Å²) in [5.74, 6) is 0. The molecule has 0 amide bonds. The lowest BCUT2D eigenvalue weighted by atomic mass is 10.3. The lowest BCUT2D eigenvalue weighted by Crippen LogP contribution is -2.43. The molecule has 2 rings (SSSR count). The summed E-state index contributed by atoms with van der Waals surface area (Å²) in [6.07, 6.45) is 1.70. The quantitative estimate of drug-likeness (QED) is 0.720. The van der Waals surface area contributed by atoms with Crippen molar-refractivity contribution in [2.24, 2.45) is 7.05 Å². The highest BCUT2D eigenvalue weighted by Crippen LogP contribution is 2.09. The molecule has 1 aromatic rings. The van der Waals surface area contributed by atoms with Crippen molar-refractivity contribution in [3.8, 4) is 6.07 Å². The predicted molar refractivity (Wildman–Crippen MR) is 56.1 cm³/mol. The molecule has 0 aromatic carbocycles. The number of hydrogen-bond donors (Lipinski definition) is 1. The monoisotopic (exact) mass is 205 g/mol. The zero-order valence-electron chi connectivity index (χ0n) is 8.90. The van der Waals surface area contributed by atoms with Crippen LogP contribution in [-0.4, -0.2) is 40.6 Å². The molecule has 0 atom stereocenters. The van der Waals surface area contributed by atoms with Gasteiger partial charge in [-0.1, -0.05) is 0 Å². The van der Waals surface area contributed by atoms with E-state index in [0.717, 1.165) is 38.4 Å². The van der Waals surface area contributed by atoms with E-state index >= 15 is 0 Å². The van der Waals surface area contributed by atoms with Crippen LogP contribution < -0.4 is 5.32 Å². The molecule has 1 aliphatic rings. The first kappa shape index (κ1) is 10.1. The Morgan fingerprint density at radius 2 is 2.27 bits per heavy atom. The number of piperazine rings is 1. The number of nitrogens with one attached hydrogen (secondary N) is 1. The van der Waals surface area contributed by atoms with Gasteiger partial charge < -0.3 is 9.88 Å². The number of nitriles is 1. The maximum absolute atomic E-state index is 8.90. The maximum Gasteiger partial charge on any atom is 0.162 e. The van der Waals surface area contributed by atoms with Gasteiger partial charge in [0.15, 0.2) is 5.69 Å². The Labute approximate surface area is 89.3 Å². The topological polar surface area (TPSA) is 56.9 Å². The molecule has 0 bridgehead atoms. The molecule has 0 spiro atoms. The number of imidazole rings is 1. The first-order chi connectivity index (χ1) is 7.31. The fourth-order valence-electron chi connectivity index (χ4n) is 1.82. The molecule has 0 saturated carbocycles. The van der Waals surface area contributed by atoms with Crippen LogP contribution in [0.25, 0.3) is 0 Å². The van der Waals surface area contributed by atoms with Crippen LogP contribution in [0.5, 0.6) is 0 Å². The molecule has 2 heterocycles. The fourth-order valence-corrected chi connectivity index (χ4v) is 1.82. The third kappa shape index (κ3) is 2.17. The van der Waals surface area contributed by atoms with Crippen molar-refractivity contribution < 1.29 is 0 Å². The van der Waals surface area contributed by atoms with E-state index in [9.17, 15) is 0 Å². The van der Waals surface area contributed by atoms with Gasteiger partial charge in [0.1, 0.15) is 6.07 Å². The maximum atomic E-state index is 8.90. The SMILES string of the molecule is Cn1cnc(C#N)c1CN1CCNCC1. The normalized spacial score (nSPS) is 17.6. The highest BCUT2D eigenvalue weighted by molar-refractivity contribution is 5.26. The van der Waals surface area contributed by atoms with Crippen LogP contribution in [0.1, 0.15) is 11.4 Å². The molecule has 1 saturated heterocycles. The van der Waals surface area contributed by atoms with Crippen molar-refractivity contribution in [3.63, 3.8) is 0 Å². The van der Waals surface area contributed by atoms with Gasteiger partial charge in [0.25, 0.3) is 0 Å². The van der Waals surface area contributed by atoms with Crippen LogP contribution in [0.2, 0.25) is 0 Å². The van der Waals surface area contributed by atoms with Crippen molar-refractivity contribution in [2.45, 2.75) is 6.54 Å². The lowest BCUT2D eigenvalue weighted by molar-refractivity contribution is 0.228. The first-order valence-corrected chi connectivity index (χ1v) is 5.14. The highest BCUT2D eigenvalue weighted by atomic mass is 15.2. The lowest BCUT2D eigenvalue weighted by Gasteiger charge is -2.27. The molecular weight excluding hydrogens is 190 g/mol. The standard InChI is InChI=1S/C10H15N5/c1-14-8-13-9(6-11)10(14)7-15-4-2-12-3-5-15/h8,12H,2-5,7H2,1H3.